The first-order valence-corrected chi connectivity index (χ1v) is 17.1. The first-order chi connectivity index (χ1) is 21.4. The molecule has 0 aliphatic carbocycles. The Hall–Kier alpha value is -3.25. The van der Waals surface area contributed by atoms with Crippen LogP contribution in [0.3, 0.4) is 0 Å². The molecule has 1 unspecified atom stereocenters. The quantitative estimate of drug-likeness (QED) is 0.153. The van der Waals surface area contributed by atoms with E-state index in [1.54, 1.807) is 24.9 Å². The van der Waals surface area contributed by atoms with Gasteiger partial charge in [0, 0.05) is 18.9 Å². The van der Waals surface area contributed by atoms with Gasteiger partial charge >= 0.3 is 6.09 Å². The molecule has 1 aliphatic rings. The van der Waals surface area contributed by atoms with Crippen LogP contribution in [0.1, 0.15) is 65.9 Å². The van der Waals surface area contributed by atoms with Crippen LogP contribution in [0.25, 0.3) is 0 Å². The molecular formula is C33H52N4O7S. The van der Waals surface area contributed by atoms with Crippen LogP contribution in [0.4, 0.5) is 4.79 Å². The second-order valence-electron chi connectivity index (χ2n) is 12.3. The van der Waals surface area contributed by atoms with E-state index in [1.807, 2.05) is 70.4 Å². The van der Waals surface area contributed by atoms with E-state index in [1.165, 1.54) is 0 Å². The number of thioether (sulfide) groups is 1. The van der Waals surface area contributed by atoms with E-state index < -0.39 is 42.1 Å². The number of carbonyl (C=O) groups excluding carboxylic acids is 4. The second kappa shape index (κ2) is 20.0. The van der Waals surface area contributed by atoms with Crippen LogP contribution in [-0.4, -0.2) is 77.9 Å². The summed E-state index contributed by atoms with van der Waals surface area (Å²) < 4.78 is 10.6. The van der Waals surface area contributed by atoms with E-state index in [4.69, 9.17) is 9.47 Å². The van der Waals surface area contributed by atoms with Gasteiger partial charge in [-0.25, -0.2) is 4.79 Å². The van der Waals surface area contributed by atoms with Crippen molar-refractivity contribution in [3.8, 4) is 0 Å². The Morgan fingerprint density at radius 2 is 1.69 bits per heavy atom. The van der Waals surface area contributed by atoms with Crippen molar-refractivity contribution < 1.29 is 33.8 Å². The van der Waals surface area contributed by atoms with Gasteiger partial charge in [-0.1, -0.05) is 65.0 Å². The smallest absolute Gasteiger partial charge is 0.407 e. The zero-order chi connectivity index (χ0) is 33.4. The van der Waals surface area contributed by atoms with Crippen molar-refractivity contribution in [2.24, 2.45) is 17.8 Å². The fourth-order valence-electron chi connectivity index (χ4n) is 4.86. The van der Waals surface area contributed by atoms with E-state index in [2.05, 4.69) is 21.3 Å². The predicted octanol–water partition coefficient (Wildman–Crippen LogP) is 3.51. The molecule has 5 N–H and O–H groups in total. The minimum Gasteiger partial charge on any atom is -0.494 e. The number of ether oxygens (including phenoxy) is 2. The first-order valence-electron chi connectivity index (χ1n) is 15.7. The molecule has 45 heavy (non-hydrogen) atoms. The van der Waals surface area contributed by atoms with Gasteiger partial charge in [0.25, 0.3) is 0 Å². The minimum absolute atomic E-state index is 0.0662. The van der Waals surface area contributed by atoms with E-state index in [0.29, 0.717) is 31.6 Å². The van der Waals surface area contributed by atoms with Gasteiger partial charge in [0.05, 0.1) is 18.4 Å². The third-order valence-electron chi connectivity index (χ3n) is 7.50. The zero-order valence-electron chi connectivity index (χ0n) is 27.4. The van der Waals surface area contributed by atoms with Crippen LogP contribution in [0.15, 0.2) is 42.7 Å². The largest absolute Gasteiger partial charge is 0.494 e. The number of rotatable bonds is 19. The molecular weight excluding hydrogens is 596 g/mol. The Bertz CT molecular complexity index is 1090. The van der Waals surface area contributed by atoms with E-state index in [0.717, 1.165) is 5.56 Å². The van der Waals surface area contributed by atoms with Gasteiger partial charge < -0.3 is 35.8 Å². The van der Waals surface area contributed by atoms with Gasteiger partial charge in [0.15, 0.2) is 0 Å². The summed E-state index contributed by atoms with van der Waals surface area (Å²) in [4.78, 5) is 52.0. The summed E-state index contributed by atoms with van der Waals surface area (Å²) in [5, 5.41) is 22.5. The highest BCUT2D eigenvalue weighted by Crippen LogP contribution is 2.17. The molecule has 2 rings (SSSR count). The summed E-state index contributed by atoms with van der Waals surface area (Å²) in [5.74, 6) is -1.11. The van der Waals surface area contributed by atoms with Crippen molar-refractivity contribution in [3.63, 3.8) is 0 Å². The number of amides is 4. The maximum atomic E-state index is 13.4. The van der Waals surface area contributed by atoms with Crippen molar-refractivity contribution in [3.05, 3.63) is 48.2 Å². The topological polar surface area (TPSA) is 155 Å². The lowest BCUT2D eigenvalue weighted by atomic mass is 9.91. The molecule has 6 atom stereocenters. The first kappa shape index (κ1) is 37.9. The summed E-state index contributed by atoms with van der Waals surface area (Å²) in [6.45, 7) is 9.77. The highest BCUT2D eigenvalue weighted by molar-refractivity contribution is 7.98. The number of hydrogen-bond acceptors (Lipinski definition) is 8. The molecule has 1 heterocycles. The van der Waals surface area contributed by atoms with E-state index in [9.17, 15) is 24.3 Å². The van der Waals surface area contributed by atoms with Gasteiger partial charge in [0.2, 0.25) is 17.7 Å². The lowest BCUT2D eigenvalue weighted by molar-refractivity contribution is -0.132. The monoisotopic (exact) mass is 648 g/mol. The van der Waals surface area contributed by atoms with Crippen molar-refractivity contribution in [1.29, 1.82) is 0 Å². The Balaban J connectivity index is 1.98. The average molecular weight is 649 g/mol. The zero-order valence-corrected chi connectivity index (χ0v) is 28.2. The highest BCUT2D eigenvalue weighted by atomic mass is 32.2. The third-order valence-corrected chi connectivity index (χ3v) is 8.15. The van der Waals surface area contributed by atoms with Crippen LogP contribution >= 0.6 is 11.8 Å². The summed E-state index contributed by atoms with van der Waals surface area (Å²) in [7, 11) is 0. The number of nitrogens with one attached hydrogen (secondary N) is 4. The Morgan fingerprint density at radius 1 is 0.978 bits per heavy atom. The lowest BCUT2D eigenvalue weighted by Crippen LogP contribution is -2.54. The summed E-state index contributed by atoms with van der Waals surface area (Å²) in [6.07, 6.45) is 4.88. The molecule has 12 heteroatoms. The van der Waals surface area contributed by atoms with Gasteiger partial charge in [-0.3, -0.25) is 14.4 Å². The Morgan fingerprint density at radius 3 is 2.29 bits per heavy atom. The number of benzene rings is 1. The maximum Gasteiger partial charge on any atom is 0.407 e. The second-order valence-corrected chi connectivity index (χ2v) is 13.3. The number of carbonyl (C=O) groups is 4. The van der Waals surface area contributed by atoms with Gasteiger partial charge in [-0.05, 0) is 54.7 Å². The van der Waals surface area contributed by atoms with Crippen LogP contribution in [0.5, 0.6) is 0 Å². The lowest BCUT2D eigenvalue weighted by Gasteiger charge is -2.30. The predicted molar refractivity (Wildman–Crippen MR) is 176 cm³/mol. The molecule has 1 aromatic carbocycles. The molecule has 0 radical (unpaired) electrons. The normalized spacial score (nSPS) is 17.5. The SMILES string of the molecule is CSCC[C@H](NC(=O)OCC1CC=CO1)C(=O)N[C@@H](CC(C)C)[C@@H](O)C[C@@H](C)C(=O)N[C@H](C(=O)NCc1ccccc1)C(C)C. The van der Waals surface area contributed by atoms with Gasteiger partial charge in [0.1, 0.15) is 24.8 Å². The van der Waals surface area contributed by atoms with Crippen LogP contribution < -0.4 is 21.3 Å². The minimum atomic E-state index is -1.04. The molecule has 11 nitrogen and oxygen atoms in total. The third kappa shape index (κ3) is 14.2. The van der Waals surface area contributed by atoms with Gasteiger partial charge in [-0.15, -0.1) is 0 Å². The molecule has 0 saturated carbocycles. The molecule has 0 spiro atoms. The summed E-state index contributed by atoms with van der Waals surface area (Å²) in [6, 6.07) is 7.25. The van der Waals surface area contributed by atoms with Crippen molar-refractivity contribution >= 4 is 35.6 Å². The van der Waals surface area contributed by atoms with Crippen LogP contribution in [-0.2, 0) is 30.4 Å². The van der Waals surface area contributed by atoms with E-state index in [-0.39, 0.29) is 42.8 Å². The van der Waals surface area contributed by atoms with Gasteiger partial charge in [-0.2, -0.15) is 11.8 Å². The maximum absolute atomic E-state index is 13.4. The Kier molecular flexibility index (Phi) is 16.9. The number of alkyl carbamates (subject to hydrolysis) is 1. The Labute approximate surface area is 272 Å². The molecule has 1 aliphatic heterocycles. The molecule has 0 fully saturated rings. The standard InChI is InChI=1S/C33H52N4O7S/c1-21(2)17-27(35-31(40)26(14-16-45-6)36-33(42)44-20-25-13-10-15-43-25)28(38)18-23(5)30(39)37-29(22(3)4)32(41)34-19-24-11-8-7-9-12-24/h7-12,15,21-23,25-29,38H,13-14,16-20H2,1-6H3,(H,34,41)(H,35,40)(H,36,42)(H,37,39)/t23-,25?,26+,27+,28+,29+/m1/s1. The fraction of sp³-hybridized carbons (Fsp3) is 0.636. The average Bonchev–Trinajstić information content (AvgIpc) is 3.53. The molecule has 0 bridgehead atoms. The molecule has 1 aromatic rings. The van der Waals surface area contributed by atoms with Crippen LogP contribution in [0, 0.1) is 17.8 Å². The highest BCUT2D eigenvalue weighted by Gasteiger charge is 2.32. The number of hydrogen-bond donors (Lipinski definition) is 5. The number of aliphatic hydroxyl groups excluding tert-OH is 1. The molecule has 4 amide bonds. The molecule has 252 valence electrons. The van der Waals surface area contributed by atoms with E-state index >= 15 is 0 Å². The van der Waals surface area contributed by atoms with Crippen LogP contribution in [0.2, 0.25) is 0 Å². The van der Waals surface area contributed by atoms with Crippen molar-refractivity contribution in [2.45, 2.75) is 97.2 Å². The number of aliphatic hydroxyl groups is 1. The van der Waals surface area contributed by atoms with Crippen molar-refractivity contribution in [2.75, 3.05) is 18.6 Å². The fourth-order valence-corrected chi connectivity index (χ4v) is 5.33. The molecule has 0 saturated heterocycles. The van der Waals surface area contributed by atoms with Crippen molar-refractivity contribution in [1.82, 2.24) is 21.3 Å². The summed E-state index contributed by atoms with van der Waals surface area (Å²) >= 11 is 1.54. The molecule has 0 aromatic heterocycles. The summed E-state index contributed by atoms with van der Waals surface area (Å²) in [5.41, 5.74) is 0.952.